The molecule has 1 amide bonds. The van der Waals surface area contributed by atoms with Crippen molar-refractivity contribution in [1.29, 1.82) is 0 Å². The van der Waals surface area contributed by atoms with Gasteiger partial charge in [0.05, 0.1) is 5.69 Å². The first-order chi connectivity index (χ1) is 12.3. The quantitative estimate of drug-likeness (QED) is 0.590. The van der Waals surface area contributed by atoms with Gasteiger partial charge in [-0.1, -0.05) is 41.6 Å². The summed E-state index contributed by atoms with van der Waals surface area (Å²) in [7, 11) is 0. The average molecular weight is 331 g/mol. The maximum atomic E-state index is 12.1. The number of amides is 1. The molecule has 2 heterocycles. The summed E-state index contributed by atoms with van der Waals surface area (Å²) in [4.78, 5) is 15.3. The molecule has 0 saturated heterocycles. The van der Waals surface area contributed by atoms with E-state index in [4.69, 9.17) is 0 Å². The molecule has 0 aliphatic rings. The van der Waals surface area contributed by atoms with Crippen LogP contribution in [0.1, 0.15) is 11.3 Å². The predicted octanol–water partition coefficient (Wildman–Crippen LogP) is 2.99. The number of fused-ring (bicyclic) bond motifs is 1. The number of aromatic amines is 1. The first kappa shape index (κ1) is 15.1. The zero-order valence-electron chi connectivity index (χ0n) is 13.5. The monoisotopic (exact) mass is 331 g/mol. The first-order valence-electron chi connectivity index (χ1n) is 8.07. The van der Waals surface area contributed by atoms with Gasteiger partial charge in [0.25, 0.3) is 0 Å². The maximum absolute atomic E-state index is 12.1. The van der Waals surface area contributed by atoms with Crippen molar-refractivity contribution >= 4 is 22.5 Å². The van der Waals surface area contributed by atoms with Gasteiger partial charge in [-0.3, -0.25) is 4.79 Å². The number of carbonyl (C=O) groups is 1. The largest absolute Gasteiger partial charge is 0.361 e. The van der Waals surface area contributed by atoms with Crippen LogP contribution in [0.25, 0.3) is 10.9 Å². The van der Waals surface area contributed by atoms with Crippen molar-refractivity contribution in [2.75, 3.05) is 5.32 Å². The lowest BCUT2D eigenvalue weighted by Crippen LogP contribution is -2.19. The molecule has 0 saturated carbocycles. The second kappa shape index (κ2) is 6.60. The van der Waals surface area contributed by atoms with Crippen LogP contribution in [-0.2, 0) is 17.8 Å². The van der Waals surface area contributed by atoms with Crippen molar-refractivity contribution in [3.8, 4) is 0 Å². The minimum atomic E-state index is -0.130. The van der Waals surface area contributed by atoms with Crippen molar-refractivity contribution in [2.24, 2.45) is 0 Å². The van der Waals surface area contributed by atoms with Gasteiger partial charge < -0.3 is 10.3 Å². The standard InChI is InChI=1S/C19H17N5O/c25-19(21-15-6-2-1-3-7-15)13-24-12-16(22-23-24)10-14-11-20-18-9-5-4-8-17(14)18/h1-9,11-12,20H,10,13H2,(H,21,25). The molecule has 0 aliphatic heterocycles. The van der Waals surface area contributed by atoms with Crippen molar-refractivity contribution in [3.05, 3.63) is 78.2 Å². The fraction of sp³-hybridized carbons (Fsp3) is 0.105. The van der Waals surface area contributed by atoms with E-state index in [1.165, 1.54) is 5.39 Å². The van der Waals surface area contributed by atoms with Crippen LogP contribution in [-0.4, -0.2) is 25.9 Å². The van der Waals surface area contributed by atoms with Gasteiger partial charge in [0.15, 0.2) is 0 Å². The predicted molar refractivity (Wildman–Crippen MR) is 96.2 cm³/mol. The van der Waals surface area contributed by atoms with Gasteiger partial charge >= 0.3 is 0 Å². The molecule has 6 nitrogen and oxygen atoms in total. The van der Waals surface area contributed by atoms with Crippen LogP contribution in [0, 0.1) is 0 Å². The van der Waals surface area contributed by atoms with Gasteiger partial charge in [-0.2, -0.15) is 0 Å². The van der Waals surface area contributed by atoms with E-state index < -0.39 is 0 Å². The third-order valence-electron chi connectivity index (χ3n) is 4.00. The number of H-pyrrole nitrogens is 1. The number of anilines is 1. The Labute approximate surface area is 144 Å². The van der Waals surface area contributed by atoms with Gasteiger partial charge in [0.2, 0.25) is 5.91 Å². The molecule has 4 rings (SSSR count). The Bertz CT molecular complexity index is 1000. The highest BCUT2D eigenvalue weighted by molar-refractivity contribution is 5.90. The Morgan fingerprint density at radius 2 is 1.88 bits per heavy atom. The molecule has 0 fully saturated rings. The maximum Gasteiger partial charge on any atom is 0.246 e. The topological polar surface area (TPSA) is 75.6 Å². The van der Waals surface area contributed by atoms with Gasteiger partial charge in [-0.15, -0.1) is 5.10 Å². The Morgan fingerprint density at radius 3 is 2.76 bits per heavy atom. The highest BCUT2D eigenvalue weighted by atomic mass is 16.2. The zero-order valence-corrected chi connectivity index (χ0v) is 13.5. The minimum Gasteiger partial charge on any atom is -0.361 e. The van der Waals surface area contributed by atoms with Crippen LogP contribution < -0.4 is 5.32 Å². The average Bonchev–Trinajstić information content (AvgIpc) is 3.23. The highest BCUT2D eigenvalue weighted by Gasteiger charge is 2.09. The molecule has 0 radical (unpaired) electrons. The van der Waals surface area contributed by atoms with Crippen LogP contribution in [0.5, 0.6) is 0 Å². The molecule has 2 aromatic carbocycles. The molecule has 4 aromatic rings. The molecule has 124 valence electrons. The van der Waals surface area contributed by atoms with Crippen molar-refractivity contribution in [2.45, 2.75) is 13.0 Å². The lowest BCUT2D eigenvalue weighted by Gasteiger charge is -2.04. The van der Waals surface area contributed by atoms with Crippen LogP contribution in [0.3, 0.4) is 0 Å². The number of hydrogen-bond donors (Lipinski definition) is 2. The Balaban J connectivity index is 1.43. The van der Waals surface area contributed by atoms with Crippen molar-refractivity contribution in [1.82, 2.24) is 20.0 Å². The lowest BCUT2D eigenvalue weighted by atomic mass is 10.1. The molecule has 0 atom stereocenters. The van der Waals surface area contributed by atoms with Crippen LogP contribution >= 0.6 is 0 Å². The Hall–Kier alpha value is -3.41. The fourth-order valence-electron chi connectivity index (χ4n) is 2.84. The van der Waals surface area contributed by atoms with E-state index in [0.29, 0.717) is 6.42 Å². The summed E-state index contributed by atoms with van der Waals surface area (Å²) in [6, 6.07) is 17.5. The fourth-order valence-corrected chi connectivity index (χ4v) is 2.84. The molecule has 2 aromatic heterocycles. The molecular weight excluding hydrogens is 314 g/mol. The minimum absolute atomic E-state index is 0.130. The second-order valence-electron chi connectivity index (χ2n) is 5.86. The molecule has 0 aliphatic carbocycles. The van der Waals surface area contributed by atoms with Crippen LogP contribution in [0.4, 0.5) is 5.69 Å². The number of nitrogens with zero attached hydrogens (tertiary/aromatic N) is 3. The number of benzene rings is 2. The number of rotatable bonds is 5. The van der Waals surface area contributed by atoms with Gasteiger partial charge in [-0.05, 0) is 23.8 Å². The summed E-state index contributed by atoms with van der Waals surface area (Å²) < 4.78 is 1.56. The molecule has 0 spiro atoms. The summed E-state index contributed by atoms with van der Waals surface area (Å²) in [6.45, 7) is 0.135. The van der Waals surface area contributed by atoms with Crippen molar-refractivity contribution < 1.29 is 4.79 Å². The van der Waals surface area contributed by atoms with Gasteiger partial charge in [0.1, 0.15) is 6.54 Å². The van der Waals surface area contributed by atoms with Crippen LogP contribution in [0.2, 0.25) is 0 Å². The van der Waals surface area contributed by atoms with Gasteiger partial charge in [-0.25, -0.2) is 4.68 Å². The smallest absolute Gasteiger partial charge is 0.246 e. The van der Waals surface area contributed by atoms with E-state index in [-0.39, 0.29) is 12.5 Å². The van der Waals surface area contributed by atoms with E-state index in [2.05, 4.69) is 26.7 Å². The summed E-state index contributed by atoms with van der Waals surface area (Å²) in [6.07, 6.45) is 4.47. The highest BCUT2D eigenvalue weighted by Crippen LogP contribution is 2.19. The van der Waals surface area contributed by atoms with E-state index >= 15 is 0 Å². The number of hydrogen-bond acceptors (Lipinski definition) is 3. The van der Waals surface area contributed by atoms with E-state index in [1.54, 1.807) is 4.68 Å². The summed E-state index contributed by atoms with van der Waals surface area (Å²) >= 11 is 0. The first-order valence-corrected chi connectivity index (χ1v) is 8.07. The Kier molecular flexibility index (Phi) is 4.00. The third-order valence-corrected chi connectivity index (χ3v) is 4.00. The lowest BCUT2D eigenvalue weighted by molar-refractivity contribution is -0.116. The normalized spacial score (nSPS) is 10.9. The molecule has 25 heavy (non-hydrogen) atoms. The Morgan fingerprint density at radius 1 is 1.08 bits per heavy atom. The molecule has 0 bridgehead atoms. The third kappa shape index (κ3) is 3.42. The molecular formula is C19H17N5O. The number of nitrogens with one attached hydrogen (secondary N) is 2. The van der Waals surface area contributed by atoms with Crippen molar-refractivity contribution in [3.63, 3.8) is 0 Å². The zero-order chi connectivity index (χ0) is 17.1. The number of carbonyl (C=O) groups excluding carboxylic acids is 1. The van der Waals surface area contributed by atoms with Gasteiger partial charge in [0, 0.05) is 35.4 Å². The molecule has 6 heteroatoms. The van der Waals surface area contributed by atoms with E-state index in [9.17, 15) is 4.79 Å². The summed E-state index contributed by atoms with van der Waals surface area (Å²) in [5.74, 6) is -0.130. The summed E-state index contributed by atoms with van der Waals surface area (Å²) in [5, 5.41) is 12.2. The molecule has 2 N–H and O–H groups in total. The van der Waals surface area contributed by atoms with E-state index in [0.717, 1.165) is 22.5 Å². The SMILES string of the molecule is O=C(Cn1cc(Cc2c[nH]c3ccccc23)nn1)Nc1ccccc1. The van der Waals surface area contributed by atoms with Crippen LogP contribution in [0.15, 0.2) is 67.0 Å². The summed E-state index contributed by atoms with van der Waals surface area (Å²) in [5.41, 5.74) is 3.87. The number of para-hydroxylation sites is 2. The molecule has 0 unspecified atom stereocenters. The number of aromatic nitrogens is 4. The second-order valence-corrected chi connectivity index (χ2v) is 5.86. The van der Waals surface area contributed by atoms with E-state index in [1.807, 2.05) is 60.9 Å².